The van der Waals surface area contributed by atoms with Gasteiger partial charge in [-0.25, -0.2) is 9.59 Å². The maximum atomic E-state index is 12.6. The molecular formula is C26H29N3O4. The summed E-state index contributed by atoms with van der Waals surface area (Å²) in [7, 11) is 0. The zero-order valence-corrected chi connectivity index (χ0v) is 19.3. The molecular weight excluding hydrogens is 418 g/mol. The maximum absolute atomic E-state index is 12.6. The number of anilines is 1. The van der Waals surface area contributed by atoms with Crippen molar-refractivity contribution in [1.29, 1.82) is 0 Å². The first kappa shape index (κ1) is 22.6. The standard InChI is InChI=1S/C26H29N3O4/c1-4-29(5-2)20-7-8-21-17(3)22(25(30)33-24(21)15-20)11-13-32-26(31)28-16-18-6-9-23-19(14-18)10-12-27-23/h6-9,12,14-15H,4-5,10-11,13,16H2,1-3H3,(H,28,31). The Labute approximate surface area is 193 Å². The van der Waals surface area contributed by atoms with E-state index in [-0.39, 0.29) is 12.2 Å². The summed E-state index contributed by atoms with van der Waals surface area (Å²) >= 11 is 0. The Bertz CT molecular complexity index is 1260. The summed E-state index contributed by atoms with van der Waals surface area (Å²) in [5, 5.41) is 3.65. The van der Waals surface area contributed by atoms with Crippen molar-refractivity contribution < 1.29 is 13.9 Å². The van der Waals surface area contributed by atoms with E-state index in [1.165, 1.54) is 0 Å². The van der Waals surface area contributed by atoms with Crippen molar-refractivity contribution in [2.24, 2.45) is 4.99 Å². The lowest BCUT2D eigenvalue weighted by Gasteiger charge is -2.21. The number of hydrogen-bond acceptors (Lipinski definition) is 6. The van der Waals surface area contributed by atoms with Gasteiger partial charge in [0.25, 0.3) is 0 Å². The molecule has 1 aliphatic rings. The highest BCUT2D eigenvalue weighted by Gasteiger charge is 2.14. The number of aliphatic imine (C=N–C) groups is 1. The van der Waals surface area contributed by atoms with Gasteiger partial charge in [0.1, 0.15) is 5.58 Å². The zero-order valence-electron chi connectivity index (χ0n) is 19.3. The molecule has 4 rings (SSSR count). The molecule has 0 fully saturated rings. The monoisotopic (exact) mass is 447 g/mol. The van der Waals surface area contributed by atoms with Crippen molar-refractivity contribution in [3.8, 4) is 0 Å². The number of aryl methyl sites for hydroxylation is 1. The smallest absolute Gasteiger partial charge is 0.407 e. The molecule has 0 atom stereocenters. The first-order valence-corrected chi connectivity index (χ1v) is 11.4. The molecule has 1 aliphatic heterocycles. The van der Waals surface area contributed by atoms with Gasteiger partial charge >= 0.3 is 11.7 Å². The van der Waals surface area contributed by atoms with E-state index in [1.54, 1.807) is 0 Å². The number of ether oxygens (including phenoxy) is 1. The molecule has 0 unspecified atom stereocenters. The largest absolute Gasteiger partial charge is 0.449 e. The minimum absolute atomic E-state index is 0.0957. The molecule has 1 amide bonds. The van der Waals surface area contributed by atoms with Crippen LogP contribution in [0.15, 0.2) is 50.6 Å². The number of amides is 1. The fraction of sp³-hybridized carbons (Fsp3) is 0.346. The SMILES string of the molecule is CCN(CC)c1ccc2c(C)c(CCOC(=O)NCc3ccc4c(c3)CC=N4)c(=O)oc2c1. The summed E-state index contributed by atoms with van der Waals surface area (Å²) in [6, 6.07) is 11.9. The van der Waals surface area contributed by atoms with Crippen LogP contribution in [0.4, 0.5) is 16.2 Å². The van der Waals surface area contributed by atoms with E-state index in [1.807, 2.05) is 49.5 Å². The highest BCUT2D eigenvalue weighted by molar-refractivity contribution is 5.84. The highest BCUT2D eigenvalue weighted by atomic mass is 16.5. The fourth-order valence-corrected chi connectivity index (χ4v) is 4.21. The number of fused-ring (bicyclic) bond motifs is 2. The van der Waals surface area contributed by atoms with Crippen LogP contribution in [0.1, 0.15) is 36.1 Å². The lowest BCUT2D eigenvalue weighted by atomic mass is 10.0. The third-order valence-electron chi connectivity index (χ3n) is 6.11. The van der Waals surface area contributed by atoms with Gasteiger partial charge in [-0.1, -0.05) is 12.1 Å². The average Bonchev–Trinajstić information content (AvgIpc) is 3.28. The average molecular weight is 448 g/mol. The van der Waals surface area contributed by atoms with Gasteiger partial charge in [0.05, 0.1) is 12.3 Å². The summed E-state index contributed by atoms with van der Waals surface area (Å²) in [5.74, 6) is 0. The molecule has 1 aromatic heterocycles. The van der Waals surface area contributed by atoms with Crippen LogP contribution in [0, 0.1) is 6.92 Å². The van der Waals surface area contributed by atoms with E-state index in [0.29, 0.717) is 24.1 Å². The molecule has 33 heavy (non-hydrogen) atoms. The lowest BCUT2D eigenvalue weighted by Crippen LogP contribution is -2.25. The van der Waals surface area contributed by atoms with Crippen LogP contribution in [0.5, 0.6) is 0 Å². The summed E-state index contributed by atoms with van der Waals surface area (Å²) in [5.41, 5.74) is 5.73. The van der Waals surface area contributed by atoms with Gasteiger partial charge in [-0.05, 0) is 55.7 Å². The van der Waals surface area contributed by atoms with Crippen molar-refractivity contribution in [2.45, 2.75) is 40.2 Å². The van der Waals surface area contributed by atoms with Crippen molar-refractivity contribution in [2.75, 3.05) is 24.6 Å². The van der Waals surface area contributed by atoms with Crippen LogP contribution in [-0.4, -0.2) is 32.0 Å². The maximum Gasteiger partial charge on any atom is 0.407 e. The molecule has 2 aromatic carbocycles. The number of rotatable bonds is 8. The summed E-state index contributed by atoms with van der Waals surface area (Å²) in [6.07, 6.45) is 2.48. The van der Waals surface area contributed by atoms with Crippen molar-refractivity contribution in [3.05, 3.63) is 69.1 Å². The zero-order chi connectivity index (χ0) is 23.4. The number of nitrogens with one attached hydrogen (secondary N) is 1. The Morgan fingerprint density at radius 3 is 2.79 bits per heavy atom. The second-order valence-corrected chi connectivity index (χ2v) is 8.06. The molecule has 7 nitrogen and oxygen atoms in total. The first-order valence-electron chi connectivity index (χ1n) is 11.4. The Kier molecular flexibility index (Phi) is 6.77. The van der Waals surface area contributed by atoms with Crippen LogP contribution in [-0.2, 0) is 24.1 Å². The molecule has 0 saturated heterocycles. The van der Waals surface area contributed by atoms with Gasteiger partial charge in [-0.2, -0.15) is 0 Å². The van der Waals surface area contributed by atoms with E-state index in [0.717, 1.165) is 53.0 Å². The topological polar surface area (TPSA) is 84.1 Å². The molecule has 0 radical (unpaired) electrons. The minimum Gasteiger partial charge on any atom is -0.449 e. The molecule has 0 spiro atoms. The number of carbonyl (C=O) groups is 1. The Balaban J connectivity index is 1.36. The minimum atomic E-state index is -0.515. The van der Waals surface area contributed by atoms with E-state index in [9.17, 15) is 9.59 Å². The predicted octanol–water partition coefficient (Wildman–Crippen LogP) is 4.67. The number of alkyl carbamates (subject to hydrolysis) is 1. The van der Waals surface area contributed by atoms with Crippen molar-refractivity contribution >= 4 is 34.7 Å². The molecule has 0 bridgehead atoms. The van der Waals surface area contributed by atoms with E-state index < -0.39 is 6.09 Å². The molecule has 172 valence electrons. The van der Waals surface area contributed by atoms with Gasteiger partial charge < -0.3 is 19.4 Å². The van der Waals surface area contributed by atoms with Gasteiger partial charge in [-0.15, -0.1) is 0 Å². The number of carbonyl (C=O) groups excluding carboxylic acids is 1. The number of nitrogens with zero attached hydrogens (tertiary/aromatic N) is 2. The Hall–Kier alpha value is -3.61. The molecule has 0 aliphatic carbocycles. The van der Waals surface area contributed by atoms with Gasteiger partial charge in [0.2, 0.25) is 0 Å². The van der Waals surface area contributed by atoms with Gasteiger partial charge in [0, 0.05) is 61.4 Å². The summed E-state index contributed by atoms with van der Waals surface area (Å²) in [6.45, 7) is 8.32. The number of benzene rings is 2. The van der Waals surface area contributed by atoms with E-state index in [2.05, 4.69) is 29.1 Å². The molecule has 7 heteroatoms. The van der Waals surface area contributed by atoms with Crippen LogP contribution in [0.3, 0.4) is 0 Å². The second-order valence-electron chi connectivity index (χ2n) is 8.06. The first-order chi connectivity index (χ1) is 16.0. The van der Waals surface area contributed by atoms with Crippen LogP contribution >= 0.6 is 0 Å². The van der Waals surface area contributed by atoms with Gasteiger partial charge in [-0.3, -0.25) is 4.99 Å². The third-order valence-corrected chi connectivity index (χ3v) is 6.11. The van der Waals surface area contributed by atoms with E-state index in [4.69, 9.17) is 9.15 Å². The summed E-state index contributed by atoms with van der Waals surface area (Å²) in [4.78, 5) is 31.2. The lowest BCUT2D eigenvalue weighted by molar-refractivity contribution is 0.146. The molecule has 0 saturated carbocycles. The number of hydrogen-bond donors (Lipinski definition) is 1. The molecule has 1 N–H and O–H groups in total. The third kappa shape index (κ3) is 4.92. The van der Waals surface area contributed by atoms with Crippen LogP contribution in [0.2, 0.25) is 0 Å². The van der Waals surface area contributed by atoms with E-state index >= 15 is 0 Å². The van der Waals surface area contributed by atoms with Crippen LogP contribution in [0.25, 0.3) is 11.0 Å². The van der Waals surface area contributed by atoms with Gasteiger partial charge in [0.15, 0.2) is 0 Å². The predicted molar refractivity (Wildman–Crippen MR) is 131 cm³/mol. The normalized spacial score (nSPS) is 12.1. The molecule has 3 aromatic rings. The molecule has 2 heterocycles. The quantitative estimate of drug-likeness (QED) is 0.507. The fourth-order valence-electron chi connectivity index (χ4n) is 4.21. The highest BCUT2D eigenvalue weighted by Crippen LogP contribution is 2.26. The van der Waals surface area contributed by atoms with Crippen molar-refractivity contribution in [1.82, 2.24) is 5.32 Å². The Morgan fingerprint density at radius 1 is 1.18 bits per heavy atom. The van der Waals surface area contributed by atoms with Crippen LogP contribution < -0.4 is 15.8 Å². The Morgan fingerprint density at radius 2 is 2.00 bits per heavy atom. The second kappa shape index (κ2) is 9.90. The summed E-state index contributed by atoms with van der Waals surface area (Å²) < 4.78 is 10.9. The van der Waals surface area contributed by atoms with Crippen molar-refractivity contribution in [3.63, 3.8) is 0 Å².